The third kappa shape index (κ3) is 4.78. The molecule has 0 fully saturated rings. The Bertz CT molecular complexity index is 767. The van der Waals surface area contributed by atoms with Gasteiger partial charge in [-0.15, -0.1) is 0 Å². The molecule has 1 aliphatic heterocycles. The van der Waals surface area contributed by atoms with E-state index in [9.17, 15) is 4.79 Å². The van der Waals surface area contributed by atoms with Crippen LogP contribution in [0.1, 0.15) is 12.0 Å². The molecule has 0 aliphatic carbocycles. The summed E-state index contributed by atoms with van der Waals surface area (Å²) in [6.07, 6.45) is 0.796. The number of fused-ring (bicyclic) bond motifs is 1. The van der Waals surface area contributed by atoms with Gasteiger partial charge in [-0.3, -0.25) is 4.79 Å². The number of anilines is 1. The lowest BCUT2D eigenvalue weighted by molar-refractivity contribution is -0.121. The second kappa shape index (κ2) is 8.43. The van der Waals surface area contributed by atoms with Crippen molar-refractivity contribution in [1.29, 1.82) is 0 Å². The van der Waals surface area contributed by atoms with E-state index in [0.29, 0.717) is 40.4 Å². The molecular weight excluding hydrogens is 365 g/mol. The van der Waals surface area contributed by atoms with E-state index in [2.05, 4.69) is 5.32 Å². The fraction of sp³-hybridized carbons (Fsp3) is 0.278. The zero-order valence-electron chi connectivity index (χ0n) is 13.4. The van der Waals surface area contributed by atoms with E-state index in [1.54, 1.807) is 18.2 Å². The summed E-state index contributed by atoms with van der Waals surface area (Å²) in [5, 5.41) is 3.70. The van der Waals surface area contributed by atoms with Gasteiger partial charge in [0.15, 0.2) is 11.5 Å². The normalized spacial score (nSPS) is 13.2. The average molecular weight is 382 g/mol. The second-order valence-electron chi connectivity index (χ2n) is 5.46. The monoisotopic (exact) mass is 381 g/mol. The van der Waals surface area contributed by atoms with Gasteiger partial charge in [0, 0.05) is 23.6 Å². The molecule has 0 aromatic heterocycles. The van der Waals surface area contributed by atoms with E-state index in [1.165, 1.54) is 0 Å². The van der Waals surface area contributed by atoms with Gasteiger partial charge in [0.25, 0.3) is 0 Å². The van der Waals surface area contributed by atoms with Crippen molar-refractivity contribution in [2.75, 3.05) is 25.1 Å². The smallest absolute Gasteiger partial charge is 0.250 e. The first-order chi connectivity index (χ1) is 12.1. The highest BCUT2D eigenvalue weighted by molar-refractivity contribution is 6.34. The molecule has 0 bridgehead atoms. The number of nitrogens with one attached hydrogen (secondary N) is 1. The van der Waals surface area contributed by atoms with Crippen molar-refractivity contribution >= 4 is 34.8 Å². The van der Waals surface area contributed by atoms with Crippen molar-refractivity contribution in [2.45, 2.75) is 13.0 Å². The standard InChI is InChI=1S/C18H17Cl2NO4/c19-13-5-2-1-4-12(13)10-23-11-18(22)21-15-9-17-16(8-14(15)20)24-6-3-7-25-17/h1-2,4-5,8-9H,3,6-7,10-11H2,(H,21,22). The number of ether oxygens (including phenoxy) is 3. The Kier molecular flexibility index (Phi) is 6.02. The Morgan fingerprint density at radius 3 is 2.56 bits per heavy atom. The summed E-state index contributed by atoms with van der Waals surface area (Å²) in [5.74, 6) is 0.827. The van der Waals surface area contributed by atoms with Crippen LogP contribution >= 0.6 is 23.2 Å². The number of amides is 1. The van der Waals surface area contributed by atoms with Crippen LogP contribution in [0.15, 0.2) is 36.4 Å². The van der Waals surface area contributed by atoms with E-state index < -0.39 is 0 Å². The number of halogens is 2. The summed E-state index contributed by atoms with van der Waals surface area (Å²) in [7, 11) is 0. The van der Waals surface area contributed by atoms with Crippen molar-refractivity contribution in [3.05, 3.63) is 52.0 Å². The zero-order valence-corrected chi connectivity index (χ0v) is 14.9. The lowest BCUT2D eigenvalue weighted by Gasteiger charge is -2.12. The summed E-state index contributed by atoms with van der Waals surface area (Å²) >= 11 is 12.2. The van der Waals surface area contributed by atoms with E-state index >= 15 is 0 Å². The quantitative estimate of drug-likeness (QED) is 0.837. The van der Waals surface area contributed by atoms with Crippen LogP contribution in [0.5, 0.6) is 11.5 Å². The van der Waals surface area contributed by atoms with E-state index in [1.807, 2.05) is 18.2 Å². The number of hydrogen-bond donors (Lipinski definition) is 1. The first-order valence-corrected chi connectivity index (χ1v) is 8.59. The number of rotatable bonds is 5. The summed E-state index contributed by atoms with van der Waals surface area (Å²) in [6.45, 7) is 1.27. The summed E-state index contributed by atoms with van der Waals surface area (Å²) < 4.78 is 16.6. The molecule has 0 unspecified atom stereocenters. The molecule has 25 heavy (non-hydrogen) atoms. The van der Waals surface area contributed by atoms with E-state index in [4.69, 9.17) is 37.4 Å². The molecule has 1 N–H and O–H groups in total. The highest BCUT2D eigenvalue weighted by atomic mass is 35.5. The number of hydrogen-bond acceptors (Lipinski definition) is 4. The zero-order chi connectivity index (χ0) is 17.6. The van der Waals surface area contributed by atoms with Crippen molar-refractivity contribution < 1.29 is 19.0 Å². The fourth-order valence-electron chi connectivity index (χ4n) is 2.34. The van der Waals surface area contributed by atoms with Gasteiger partial charge in [-0.2, -0.15) is 0 Å². The molecule has 0 saturated carbocycles. The van der Waals surface area contributed by atoms with Gasteiger partial charge in [0.2, 0.25) is 5.91 Å². The molecule has 2 aromatic rings. The molecule has 0 saturated heterocycles. The summed E-state index contributed by atoms with van der Waals surface area (Å²) in [5.41, 5.74) is 1.28. The molecule has 7 heteroatoms. The third-order valence-electron chi connectivity index (χ3n) is 3.56. The van der Waals surface area contributed by atoms with Crippen molar-refractivity contribution in [3.63, 3.8) is 0 Å². The lowest BCUT2D eigenvalue weighted by atomic mass is 10.2. The number of benzene rings is 2. The number of carbonyl (C=O) groups is 1. The Balaban J connectivity index is 1.57. The van der Waals surface area contributed by atoms with E-state index in [0.717, 1.165) is 12.0 Å². The molecule has 1 aliphatic rings. The molecule has 0 spiro atoms. The molecule has 2 aromatic carbocycles. The predicted molar refractivity (Wildman–Crippen MR) is 96.8 cm³/mol. The number of carbonyl (C=O) groups excluding carboxylic acids is 1. The Morgan fingerprint density at radius 1 is 1.08 bits per heavy atom. The van der Waals surface area contributed by atoms with Gasteiger partial charge in [-0.05, 0) is 11.6 Å². The van der Waals surface area contributed by atoms with Crippen LogP contribution in [0.4, 0.5) is 5.69 Å². The maximum absolute atomic E-state index is 12.1. The average Bonchev–Trinajstić information content (AvgIpc) is 2.82. The maximum atomic E-state index is 12.1. The van der Waals surface area contributed by atoms with Gasteiger partial charge < -0.3 is 19.5 Å². The fourth-order valence-corrected chi connectivity index (χ4v) is 2.73. The Hall–Kier alpha value is -1.95. The topological polar surface area (TPSA) is 56.8 Å². The Labute approximate surface area is 155 Å². The van der Waals surface area contributed by atoms with Crippen LogP contribution in [0, 0.1) is 0 Å². The van der Waals surface area contributed by atoms with Crippen molar-refractivity contribution in [2.24, 2.45) is 0 Å². The highest BCUT2D eigenvalue weighted by Crippen LogP contribution is 2.37. The first-order valence-electron chi connectivity index (χ1n) is 7.83. The van der Waals surface area contributed by atoms with Crippen LogP contribution in [-0.2, 0) is 16.1 Å². The van der Waals surface area contributed by atoms with Gasteiger partial charge in [-0.25, -0.2) is 0 Å². The minimum atomic E-state index is -0.316. The van der Waals surface area contributed by atoms with Crippen LogP contribution in [0.3, 0.4) is 0 Å². The molecule has 3 rings (SSSR count). The summed E-state index contributed by atoms with van der Waals surface area (Å²) in [4.78, 5) is 12.1. The van der Waals surface area contributed by atoms with Crippen LogP contribution in [0.25, 0.3) is 0 Å². The molecular formula is C18H17Cl2NO4. The first kappa shape index (κ1) is 17.9. The Morgan fingerprint density at radius 2 is 1.80 bits per heavy atom. The molecule has 5 nitrogen and oxygen atoms in total. The van der Waals surface area contributed by atoms with Crippen LogP contribution in [-0.4, -0.2) is 25.7 Å². The third-order valence-corrected chi connectivity index (χ3v) is 4.24. The molecule has 132 valence electrons. The predicted octanol–water partition coefficient (Wildman–Crippen LogP) is 4.31. The second-order valence-corrected chi connectivity index (χ2v) is 6.28. The maximum Gasteiger partial charge on any atom is 0.250 e. The summed E-state index contributed by atoms with van der Waals surface area (Å²) in [6, 6.07) is 10.6. The lowest BCUT2D eigenvalue weighted by Crippen LogP contribution is -2.18. The molecule has 0 atom stereocenters. The molecule has 1 heterocycles. The van der Waals surface area contributed by atoms with Crippen molar-refractivity contribution in [1.82, 2.24) is 0 Å². The minimum absolute atomic E-state index is 0.115. The van der Waals surface area contributed by atoms with Gasteiger partial charge in [-0.1, -0.05) is 41.4 Å². The largest absolute Gasteiger partial charge is 0.490 e. The van der Waals surface area contributed by atoms with Crippen LogP contribution < -0.4 is 14.8 Å². The minimum Gasteiger partial charge on any atom is -0.490 e. The van der Waals surface area contributed by atoms with Gasteiger partial charge in [0.1, 0.15) is 6.61 Å². The van der Waals surface area contributed by atoms with Gasteiger partial charge >= 0.3 is 0 Å². The van der Waals surface area contributed by atoms with Crippen LogP contribution in [0.2, 0.25) is 10.0 Å². The van der Waals surface area contributed by atoms with Gasteiger partial charge in [0.05, 0.1) is 30.5 Å². The van der Waals surface area contributed by atoms with E-state index in [-0.39, 0.29) is 19.1 Å². The molecule has 0 radical (unpaired) electrons. The van der Waals surface area contributed by atoms with Crippen molar-refractivity contribution in [3.8, 4) is 11.5 Å². The SMILES string of the molecule is O=C(COCc1ccccc1Cl)Nc1cc2c(cc1Cl)OCCCO2. The highest BCUT2D eigenvalue weighted by Gasteiger charge is 2.15. The molecule has 1 amide bonds.